The maximum absolute atomic E-state index is 2.72. The summed E-state index contributed by atoms with van der Waals surface area (Å²) in [4.78, 5) is 5.43. The van der Waals surface area contributed by atoms with Gasteiger partial charge >= 0.3 is 0 Å². The predicted octanol–water partition coefficient (Wildman–Crippen LogP) is 13.6. The van der Waals surface area contributed by atoms with Gasteiger partial charge in [-0.05, 0) is 25.7 Å². The van der Waals surface area contributed by atoms with E-state index < -0.39 is 0 Å². The topological polar surface area (TPSA) is 6.48 Å². The van der Waals surface area contributed by atoms with Crippen LogP contribution in [-0.4, -0.2) is 29.1 Å². The predicted molar refractivity (Wildman–Crippen MR) is 186 cm³/mol. The van der Waals surface area contributed by atoms with Crippen LogP contribution in [0.15, 0.2) is 12.4 Å². The second-order valence-electron chi connectivity index (χ2n) is 13.6. The first-order valence-corrected chi connectivity index (χ1v) is 19.5. The summed E-state index contributed by atoms with van der Waals surface area (Å²) in [5.41, 5.74) is 0. The van der Waals surface area contributed by atoms with Gasteiger partial charge in [-0.25, -0.2) is 0 Å². The Morgan fingerprint density at radius 2 is 0.561 bits per heavy atom. The molecule has 0 bridgehead atoms. The van der Waals surface area contributed by atoms with Crippen molar-refractivity contribution in [1.82, 2.24) is 9.80 Å². The first-order chi connectivity index (χ1) is 20.3. The summed E-state index contributed by atoms with van der Waals surface area (Å²) in [7, 11) is 0. The largest absolute Gasteiger partial charge is 0.356 e. The van der Waals surface area contributed by atoms with Gasteiger partial charge in [0.15, 0.2) is 0 Å². The molecule has 0 atom stereocenters. The number of hydrogen-bond acceptors (Lipinski definition) is 2. The molecule has 0 spiro atoms. The molecule has 41 heavy (non-hydrogen) atoms. The molecule has 2 heteroatoms. The fourth-order valence-electron chi connectivity index (χ4n) is 6.72. The van der Waals surface area contributed by atoms with E-state index in [0.29, 0.717) is 6.17 Å². The second-order valence-corrected chi connectivity index (χ2v) is 13.6. The molecule has 0 amide bonds. The Balaban J connectivity index is 2.24. The Morgan fingerprint density at radius 1 is 0.317 bits per heavy atom. The highest BCUT2D eigenvalue weighted by atomic mass is 15.4. The highest BCUT2D eigenvalue weighted by Gasteiger charge is 2.24. The minimum absolute atomic E-state index is 0.640. The van der Waals surface area contributed by atoms with Crippen LogP contribution in [0.25, 0.3) is 0 Å². The van der Waals surface area contributed by atoms with Crippen LogP contribution in [-0.2, 0) is 0 Å². The van der Waals surface area contributed by atoms with Crippen LogP contribution in [0.2, 0.25) is 0 Å². The Hall–Kier alpha value is -0.660. The molecule has 0 saturated heterocycles. The Morgan fingerprint density at radius 3 is 0.854 bits per heavy atom. The van der Waals surface area contributed by atoms with E-state index in [0.717, 1.165) is 0 Å². The molecule has 0 N–H and O–H groups in total. The summed E-state index contributed by atoms with van der Waals surface area (Å²) < 4.78 is 0. The van der Waals surface area contributed by atoms with Crippen molar-refractivity contribution in [3.8, 4) is 0 Å². The summed E-state index contributed by atoms with van der Waals surface area (Å²) in [6.07, 6.45) is 49.9. The molecule has 0 aliphatic carbocycles. The van der Waals surface area contributed by atoms with Gasteiger partial charge in [-0.15, -0.1) is 0 Å². The minimum atomic E-state index is 0.640. The van der Waals surface area contributed by atoms with Crippen LogP contribution in [0.5, 0.6) is 0 Å². The van der Waals surface area contributed by atoms with Gasteiger partial charge in [-0.3, -0.25) is 0 Å². The van der Waals surface area contributed by atoms with E-state index in [4.69, 9.17) is 0 Å². The van der Waals surface area contributed by atoms with Crippen LogP contribution in [0.1, 0.15) is 220 Å². The van der Waals surface area contributed by atoms with Gasteiger partial charge in [-0.1, -0.05) is 194 Å². The van der Waals surface area contributed by atoms with Gasteiger partial charge in [0.1, 0.15) is 6.17 Å². The molecule has 1 aliphatic rings. The lowest BCUT2D eigenvalue weighted by Crippen LogP contribution is -2.39. The van der Waals surface area contributed by atoms with Gasteiger partial charge in [0.2, 0.25) is 0 Å². The maximum atomic E-state index is 2.72. The van der Waals surface area contributed by atoms with E-state index in [-0.39, 0.29) is 0 Å². The summed E-state index contributed by atoms with van der Waals surface area (Å²) >= 11 is 0. The van der Waals surface area contributed by atoms with Crippen molar-refractivity contribution in [1.29, 1.82) is 0 Å². The van der Waals surface area contributed by atoms with E-state index in [2.05, 4.69) is 43.0 Å². The molecule has 0 unspecified atom stereocenters. The molecule has 0 aromatic rings. The molecule has 244 valence electrons. The highest BCUT2D eigenvalue weighted by molar-refractivity contribution is 4.97. The van der Waals surface area contributed by atoms with Crippen LogP contribution in [0.4, 0.5) is 0 Å². The smallest absolute Gasteiger partial charge is 0.101 e. The summed E-state index contributed by atoms with van der Waals surface area (Å²) in [5, 5.41) is 0. The lowest BCUT2D eigenvalue weighted by Gasteiger charge is -2.33. The minimum Gasteiger partial charge on any atom is -0.356 e. The number of hydrogen-bond donors (Lipinski definition) is 0. The third-order valence-corrected chi connectivity index (χ3v) is 9.57. The third kappa shape index (κ3) is 23.5. The first kappa shape index (κ1) is 38.4. The molecular formula is C39H78N2. The van der Waals surface area contributed by atoms with Gasteiger partial charge < -0.3 is 9.80 Å². The van der Waals surface area contributed by atoms with Gasteiger partial charge in [0, 0.05) is 25.5 Å². The molecule has 0 radical (unpaired) electrons. The van der Waals surface area contributed by atoms with Crippen molar-refractivity contribution < 1.29 is 0 Å². The number of nitrogens with zero attached hydrogens (tertiary/aromatic N) is 2. The molecule has 0 saturated carbocycles. The van der Waals surface area contributed by atoms with Crippen molar-refractivity contribution >= 4 is 0 Å². The molecule has 1 aliphatic heterocycles. The van der Waals surface area contributed by atoms with E-state index in [1.54, 1.807) is 0 Å². The molecule has 0 aromatic heterocycles. The van der Waals surface area contributed by atoms with Crippen LogP contribution in [0.3, 0.4) is 0 Å². The SMILES string of the molecule is CCCCCCCCCCCCC1N(CCCCCCCCCCCC)C=CN1CCCCCCCCCCCC. The average Bonchev–Trinajstić information content (AvgIpc) is 3.37. The van der Waals surface area contributed by atoms with Gasteiger partial charge in [0.25, 0.3) is 0 Å². The Labute approximate surface area is 260 Å². The zero-order chi connectivity index (χ0) is 29.5. The number of unbranched alkanes of at least 4 members (excludes halogenated alkanes) is 27. The molecule has 2 nitrogen and oxygen atoms in total. The van der Waals surface area contributed by atoms with Crippen molar-refractivity contribution in [2.45, 2.75) is 226 Å². The summed E-state index contributed by atoms with van der Waals surface area (Å²) in [6.45, 7) is 9.48. The lowest BCUT2D eigenvalue weighted by atomic mass is 10.0. The van der Waals surface area contributed by atoms with Gasteiger partial charge in [-0.2, -0.15) is 0 Å². The maximum Gasteiger partial charge on any atom is 0.101 e. The van der Waals surface area contributed by atoms with Crippen molar-refractivity contribution in [2.75, 3.05) is 13.1 Å². The lowest BCUT2D eigenvalue weighted by molar-refractivity contribution is 0.135. The number of rotatable bonds is 33. The van der Waals surface area contributed by atoms with E-state index in [9.17, 15) is 0 Å². The molecule has 0 aromatic carbocycles. The normalized spacial score (nSPS) is 13.7. The molecule has 1 rings (SSSR count). The van der Waals surface area contributed by atoms with Crippen molar-refractivity contribution in [3.05, 3.63) is 12.4 Å². The molecular weight excluding hydrogens is 496 g/mol. The summed E-state index contributed by atoms with van der Waals surface area (Å²) in [6, 6.07) is 0. The van der Waals surface area contributed by atoms with E-state index in [1.807, 2.05) is 0 Å². The third-order valence-electron chi connectivity index (χ3n) is 9.57. The zero-order valence-electron chi connectivity index (χ0n) is 29.0. The van der Waals surface area contributed by atoms with Crippen LogP contribution < -0.4 is 0 Å². The average molecular weight is 575 g/mol. The van der Waals surface area contributed by atoms with E-state index >= 15 is 0 Å². The summed E-state index contributed by atoms with van der Waals surface area (Å²) in [5.74, 6) is 0. The fraction of sp³-hybridized carbons (Fsp3) is 0.949. The van der Waals surface area contributed by atoms with Crippen molar-refractivity contribution in [3.63, 3.8) is 0 Å². The first-order valence-electron chi connectivity index (χ1n) is 19.5. The standard InChI is InChI=1S/C39H78N2/c1-4-7-10-13-16-19-22-25-28-31-34-39-40(35-32-29-26-23-20-17-14-11-8-5-2)37-38-41(39)36-33-30-27-24-21-18-15-12-9-6-3/h37-39H,4-36H2,1-3H3. The monoisotopic (exact) mass is 575 g/mol. The Kier molecular flexibility index (Phi) is 28.8. The van der Waals surface area contributed by atoms with Crippen LogP contribution in [0, 0.1) is 0 Å². The van der Waals surface area contributed by atoms with E-state index in [1.165, 1.54) is 212 Å². The molecule has 0 fully saturated rings. The highest BCUT2D eigenvalue weighted by Crippen LogP contribution is 2.24. The zero-order valence-corrected chi connectivity index (χ0v) is 29.0. The van der Waals surface area contributed by atoms with Crippen LogP contribution >= 0.6 is 0 Å². The fourth-order valence-corrected chi connectivity index (χ4v) is 6.72. The second kappa shape index (κ2) is 30.8. The van der Waals surface area contributed by atoms with Gasteiger partial charge in [0.05, 0.1) is 0 Å². The molecule has 1 heterocycles. The quantitative estimate of drug-likeness (QED) is 0.0719. The van der Waals surface area contributed by atoms with Crippen molar-refractivity contribution in [2.24, 2.45) is 0 Å². The Bertz CT molecular complexity index is 496.